The molecule has 0 saturated heterocycles. The van der Waals surface area contributed by atoms with Crippen LogP contribution >= 0.6 is 0 Å². The first-order valence-corrected chi connectivity index (χ1v) is 6.54. The molecule has 0 heterocycles. The van der Waals surface area contributed by atoms with Crippen molar-refractivity contribution in [3.05, 3.63) is 12.3 Å². The molecule has 0 bridgehead atoms. The Labute approximate surface area is 115 Å². The first-order chi connectivity index (χ1) is 8.97. The van der Waals surface area contributed by atoms with Gasteiger partial charge in [0.15, 0.2) is 0 Å². The second kappa shape index (κ2) is 10.9. The number of hydroxylamine groups is 1. The molecule has 19 heavy (non-hydrogen) atoms. The number of Topliss-reactive ketones (excluding diaryl/α,β-unsaturated/α-hetero) is 1. The van der Waals surface area contributed by atoms with Crippen LogP contribution in [0.4, 0.5) is 0 Å². The number of unbranched alkanes of at least 4 members (excludes halogenated alkanes) is 2. The molecule has 0 rings (SSSR count). The van der Waals surface area contributed by atoms with Crippen LogP contribution in [0.5, 0.6) is 0 Å². The number of aliphatic hydroxyl groups is 1. The minimum atomic E-state index is -0.640. The van der Waals surface area contributed by atoms with Gasteiger partial charge in [-0.25, -0.2) is 5.43 Å². The van der Waals surface area contributed by atoms with Crippen molar-refractivity contribution in [1.82, 2.24) is 10.6 Å². The molecule has 2 atom stereocenters. The minimum Gasteiger partial charge on any atom is -0.392 e. The second-order valence-electron chi connectivity index (χ2n) is 4.61. The third kappa shape index (κ3) is 10.6. The Morgan fingerprint density at radius 2 is 2.16 bits per heavy atom. The van der Waals surface area contributed by atoms with E-state index >= 15 is 0 Å². The lowest BCUT2D eigenvalue weighted by Gasteiger charge is -2.24. The lowest BCUT2D eigenvalue weighted by atomic mass is 10.1. The maximum atomic E-state index is 10.7. The Morgan fingerprint density at radius 3 is 2.68 bits per heavy atom. The van der Waals surface area contributed by atoms with Crippen LogP contribution in [0.2, 0.25) is 0 Å². The number of nitrogens with one attached hydrogen (secondary N) is 1. The predicted molar refractivity (Wildman–Crippen MR) is 72.4 cm³/mol. The Bertz CT molecular complexity index is 269. The number of ether oxygens (including phenoxy) is 1. The zero-order valence-corrected chi connectivity index (χ0v) is 12.0. The van der Waals surface area contributed by atoms with E-state index in [1.165, 1.54) is 13.3 Å². The second-order valence-corrected chi connectivity index (χ2v) is 4.61. The molecule has 0 aliphatic heterocycles. The zero-order valence-electron chi connectivity index (χ0n) is 12.0. The molecule has 112 valence electrons. The normalized spacial score (nSPS) is 14.6. The molecule has 3 N–H and O–H groups in total. The van der Waals surface area contributed by atoms with Crippen LogP contribution < -0.4 is 5.43 Å². The molecule has 6 heteroatoms. The van der Waals surface area contributed by atoms with Gasteiger partial charge in [-0.15, -0.1) is 0 Å². The SMILES string of the molecule is COCC(NN(O)C=CCCCCC(C)=O)C(C)O. The van der Waals surface area contributed by atoms with Crippen molar-refractivity contribution in [3.63, 3.8) is 0 Å². The van der Waals surface area contributed by atoms with E-state index < -0.39 is 6.10 Å². The van der Waals surface area contributed by atoms with Crippen molar-refractivity contribution in [2.45, 2.75) is 51.7 Å². The number of carbonyl (C=O) groups excluding carboxylic acids is 1. The number of hydrazine groups is 1. The topological polar surface area (TPSA) is 82.0 Å². The van der Waals surface area contributed by atoms with Crippen molar-refractivity contribution in [1.29, 1.82) is 0 Å². The van der Waals surface area contributed by atoms with Crippen LogP contribution in [0.15, 0.2) is 12.3 Å². The fraction of sp³-hybridized carbons (Fsp3) is 0.769. The highest BCUT2D eigenvalue weighted by Gasteiger charge is 2.15. The van der Waals surface area contributed by atoms with Crippen LogP contribution in [0.25, 0.3) is 0 Å². The number of hydrogen-bond acceptors (Lipinski definition) is 6. The van der Waals surface area contributed by atoms with Gasteiger partial charge in [0.05, 0.1) is 18.8 Å². The van der Waals surface area contributed by atoms with Crippen LogP contribution in [0, 0.1) is 0 Å². The number of rotatable bonds is 11. The standard InChI is InChI=1S/C13H26N2O4/c1-11(16)8-6-4-5-7-9-15(18)14-13(10-19-3)12(2)17/h7,9,12-14,17-18H,4-6,8,10H2,1-3H3. The van der Waals surface area contributed by atoms with E-state index in [0.717, 1.165) is 24.4 Å². The van der Waals surface area contributed by atoms with Gasteiger partial charge in [0.2, 0.25) is 0 Å². The van der Waals surface area contributed by atoms with Crippen molar-refractivity contribution in [3.8, 4) is 0 Å². The molecular weight excluding hydrogens is 248 g/mol. The van der Waals surface area contributed by atoms with Crippen LogP contribution in [0.3, 0.4) is 0 Å². The van der Waals surface area contributed by atoms with Gasteiger partial charge in [-0.1, -0.05) is 6.08 Å². The largest absolute Gasteiger partial charge is 0.392 e. The molecule has 6 nitrogen and oxygen atoms in total. The molecule has 0 aromatic carbocycles. The lowest BCUT2D eigenvalue weighted by Crippen LogP contribution is -2.48. The van der Waals surface area contributed by atoms with Gasteiger partial charge in [-0.05, 0) is 33.1 Å². The number of carbonyl (C=O) groups is 1. The smallest absolute Gasteiger partial charge is 0.129 e. The Hall–Kier alpha value is -0.950. The summed E-state index contributed by atoms with van der Waals surface area (Å²) in [5.41, 5.74) is 2.70. The van der Waals surface area contributed by atoms with Crippen molar-refractivity contribution < 1.29 is 19.8 Å². The van der Waals surface area contributed by atoms with Gasteiger partial charge in [0.1, 0.15) is 5.78 Å². The average molecular weight is 274 g/mol. The summed E-state index contributed by atoms with van der Waals surface area (Å²) >= 11 is 0. The van der Waals surface area contributed by atoms with Crippen LogP contribution in [-0.2, 0) is 9.53 Å². The number of methoxy groups -OCH3 is 1. The highest BCUT2D eigenvalue weighted by molar-refractivity contribution is 5.75. The summed E-state index contributed by atoms with van der Waals surface area (Å²) in [6.45, 7) is 3.50. The molecule has 0 fully saturated rings. The molecule has 0 aliphatic rings. The van der Waals surface area contributed by atoms with Crippen LogP contribution in [0.1, 0.15) is 39.5 Å². The van der Waals surface area contributed by atoms with Crippen molar-refractivity contribution in [2.75, 3.05) is 13.7 Å². The van der Waals surface area contributed by atoms with Gasteiger partial charge in [0, 0.05) is 19.7 Å². The van der Waals surface area contributed by atoms with Crippen molar-refractivity contribution >= 4 is 5.78 Å². The quantitative estimate of drug-likeness (QED) is 0.388. The summed E-state index contributed by atoms with van der Waals surface area (Å²) in [6.07, 6.45) is 5.80. The number of hydrogen-bond donors (Lipinski definition) is 3. The fourth-order valence-corrected chi connectivity index (χ4v) is 1.49. The average Bonchev–Trinajstić information content (AvgIpc) is 2.32. The van der Waals surface area contributed by atoms with Gasteiger partial charge < -0.3 is 14.6 Å². The lowest BCUT2D eigenvalue weighted by molar-refractivity contribution is -0.118. The number of nitrogens with zero attached hydrogens (tertiary/aromatic N) is 1. The molecule has 0 aromatic heterocycles. The molecule has 0 spiro atoms. The Morgan fingerprint density at radius 1 is 1.47 bits per heavy atom. The third-order valence-electron chi connectivity index (χ3n) is 2.62. The summed E-state index contributed by atoms with van der Waals surface area (Å²) in [4.78, 5) is 10.7. The fourth-order valence-electron chi connectivity index (χ4n) is 1.49. The monoisotopic (exact) mass is 274 g/mol. The van der Waals surface area contributed by atoms with E-state index in [4.69, 9.17) is 4.74 Å². The van der Waals surface area contributed by atoms with E-state index in [9.17, 15) is 15.1 Å². The van der Waals surface area contributed by atoms with E-state index in [0.29, 0.717) is 13.0 Å². The molecule has 0 amide bonds. The number of ketones is 1. The summed E-state index contributed by atoms with van der Waals surface area (Å²) in [6, 6.07) is -0.377. The van der Waals surface area contributed by atoms with Gasteiger partial charge in [-0.3, -0.25) is 5.21 Å². The first-order valence-electron chi connectivity index (χ1n) is 6.54. The van der Waals surface area contributed by atoms with E-state index in [-0.39, 0.29) is 11.8 Å². The first kappa shape index (κ1) is 18.0. The van der Waals surface area contributed by atoms with Crippen LogP contribution in [-0.4, -0.2) is 47.1 Å². The highest BCUT2D eigenvalue weighted by atomic mass is 16.5. The molecule has 2 unspecified atom stereocenters. The number of allylic oxidation sites excluding steroid dienone is 1. The molecule has 0 radical (unpaired) electrons. The van der Waals surface area contributed by atoms with Gasteiger partial charge in [-0.2, -0.15) is 5.17 Å². The Kier molecular flexibility index (Phi) is 10.4. The molecule has 0 aliphatic carbocycles. The minimum absolute atomic E-state index is 0.203. The summed E-state index contributed by atoms with van der Waals surface area (Å²) in [5, 5.41) is 19.8. The maximum Gasteiger partial charge on any atom is 0.129 e. The summed E-state index contributed by atoms with van der Waals surface area (Å²) < 4.78 is 4.93. The predicted octanol–water partition coefficient (Wildman–Crippen LogP) is 1.24. The van der Waals surface area contributed by atoms with E-state index in [2.05, 4.69) is 5.43 Å². The summed E-state index contributed by atoms with van der Waals surface area (Å²) in [7, 11) is 1.53. The molecular formula is C13H26N2O4. The van der Waals surface area contributed by atoms with Gasteiger partial charge in [0.25, 0.3) is 0 Å². The van der Waals surface area contributed by atoms with E-state index in [1.54, 1.807) is 19.9 Å². The third-order valence-corrected chi connectivity index (χ3v) is 2.62. The van der Waals surface area contributed by atoms with Gasteiger partial charge >= 0.3 is 0 Å². The Balaban J connectivity index is 3.82. The molecule has 0 saturated carbocycles. The number of aliphatic hydroxyl groups excluding tert-OH is 1. The highest BCUT2D eigenvalue weighted by Crippen LogP contribution is 2.02. The maximum absolute atomic E-state index is 10.7. The van der Waals surface area contributed by atoms with E-state index in [1.807, 2.05) is 0 Å². The van der Waals surface area contributed by atoms with Crippen molar-refractivity contribution in [2.24, 2.45) is 0 Å². The molecule has 0 aromatic rings. The summed E-state index contributed by atoms with van der Waals surface area (Å²) in [5.74, 6) is 0.203. The zero-order chi connectivity index (χ0) is 14.7.